The number of hydrogen-bond donors (Lipinski definition) is 0. The van der Waals surface area contributed by atoms with Crippen LogP contribution in [0, 0.1) is 6.92 Å². The van der Waals surface area contributed by atoms with Gasteiger partial charge in [0.15, 0.2) is 0 Å². The van der Waals surface area contributed by atoms with Crippen LogP contribution in [-0.2, 0) is 32.5 Å². The minimum Gasteiger partial charge on any atom is -0.311 e. The Labute approximate surface area is 381 Å². The van der Waals surface area contributed by atoms with Crippen LogP contribution in [0.15, 0.2) is 109 Å². The molecule has 0 atom stereocenters. The lowest BCUT2D eigenvalue weighted by molar-refractivity contribution is 0.403. The van der Waals surface area contributed by atoms with Gasteiger partial charge in [0, 0.05) is 34.0 Å². The summed E-state index contributed by atoms with van der Waals surface area (Å²) in [6.45, 7) is 40.2. The fourth-order valence-corrected chi connectivity index (χ4v) is 11.3. The van der Waals surface area contributed by atoms with Crippen molar-refractivity contribution in [3.63, 3.8) is 0 Å². The molecule has 2 heterocycles. The first-order valence-corrected chi connectivity index (χ1v) is 23.6. The van der Waals surface area contributed by atoms with E-state index in [-0.39, 0.29) is 39.2 Å². The molecule has 0 radical (unpaired) electrons. The van der Waals surface area contributed by atoms with Crippen molar-refractivity contribution >= 4 is 57.2 Å². The van der Waals surface area contributed by atoms with Crippen molar-refractivity contribution in [1.82, 2.24) is 0 Å². The molecule has 324 valence electrons. The minimum absolute atomic E-state index is 0.0193. The molecule has 0 N–H and O–H groups in total. The average molecular weight is 831 g/mol. The molecule has 0 spiro atoms. The second-order valence-corrected chi connectivity index (χ2v) is 24.9. The number of hydrogen-bond acceptors (Lipinski definition) is 2. The van der Waals surface area contributed by atoms with E-state index in [1.807, 2.05) is 0 Å². The van der Waals surface area contributed by atoms with Gasteiger partial charge >= 0.3 is 0 Å². The lowest BCUT2D eigenvalue weighted by Gasteiger charge is -2.46. The summed E-state index contributed by atoms with van der Waals surface area (Å²) < 4.78 is 0. The lowest BCUT2D eigenvalue weighted by atomic mass is 9.33. The molecule has 9 rings (SSSR count). The standard InChI is InChI=1S/C60H71BN2/c1-37-18-27-50-47(30-37)61-48-33-41(57(8,9)10)23-29-51(48)63(53-35-42(58(11,12)13)34-52(54(53)61)62(50)43-24-20-39(21-25-43)55(2,3)4)49-28-22-40(56(5,6)7)32-44(49)38-19-26-45-46(31-38)60(16,17)36-59(45,14)15/h18-35H,36H2,1-17H3. The topological polar surface area (TPSA) is 6.48 Å². The smallest absolute Gasteiger partial charge is 0.252 e. The molecular weight excluding hydrogens is 759 g/mol. The van der Waals surface area contributed by atoms with Gasteiger partial charge in [-0.1, -0.05) is 177 Å². The summed E-state index contributed by atoms with van der Waals surface area (Å²) in [6.07, 6.45) is 1.15. The van der Waals surface area contributed by atoms with Gasteiger partial charge < -0.3 is 9.80 Å². The van der Waals surface area contributed by atoms with Crippen LogP contribution in [0.5, 0.6) is 0 Å². The van der Waals surface area contributed by atoms with Crippen molar-refractivity contribution in [1.29, 1.82) is 0 Å². The van der Waals surface area contributed by atoms with Crippen LogP contribution in [0.2, 0.25) is 0 Å². The summed E-state index contributed by atoms with van der Waals surface area (Å²) in [4.78, 5) is 5.24. The van der Waals surface area contributed by atoms with Gasteiger partial charge in [-0.15, -0.1) is 0 Å². The van der Waals surface area contributed by atoms with Gasteiger partial charge in [0.25, 0.3) is 6.71 Å². The van der Waals surface area contributed by atoms with E-state index in [0.717, 1.165) is 6.42 Å². The molecule has 0 saturated carbocycles. The average Bonchev–Trinajstić information content (AvgIpc) is 3.37. The maximum atomic E-state index is 2.66. The zero-order valence-electron chi connectivity index (χ0n) is 41.6. The first-order valence-electron chi connectivity index (χ1n) is 23.6. The monoisotopic (exact) mass is 831 g/mol. The molecule has 0 amide bonds. The van der Waals surface area contributed by atoms with Crippen LogP contribution in [0.1, 0.15) is 156 Å². The summed E-state index contributed by atoms with van der Waals surface area (Å²) in [5, 5.41) is 0. The highest BCUT2D eigenvalue weighted by Gasteiger charge is 2.46. The molecule has 0 fully saturated rings. The Bertz CT molecular complexity index is 2810. The fraction of sp³-hybridized carbons (Fsp3) is 0.400. The van der Waals surface area contributed by atoms with Crippen molar-refractivity contribution in [2.75, 3.05) is 9.80 Å². The zero-order valence-corrected chi connectivity index (χ0v) is 41.6. The Balaban J connectivity index is 1.40. The normalized spacial score (nSPS) is 16.4. The van der Waals surface area contributed by atoms with Gasteiger partial charge in [-0.3, -0.25) is 0 Å². The number of benzene rings is 6. The summed E-state index contributed by atoms with van der Waals surface area (Å²) >= 11 is 0. The van der Waals surface area contributed by atoms with Gasteiger partial charge in [0.05, 0.1) is 5.69 Å². The largest absolute Gasteiger partial charge is 0.311 e. The Hall–Kier alpha value is -5.02. The third kappa shape index (κ3) is 7.17. The molecule has 63 heavy (non-hydrogen) atoms. The molecule has 6 aromatic rings. The van der Waals surface area contributed by atoms with Gasteiger partial charge in [-0.25, -0.2) is 0 Å². The second kappa shape index (κ2) is 14.0. The molecule has 2 aliphatic heterocycles. The summed E-state index contributed by atoms with van der Waals surface area (Å²) in [6, 6.07) is 43.8. The van der Waals surface area contributed by atoms with Crippen molar-refractivity contribution in [3.8, 4) is 11.1 Å². The van der Waals surface area contributed by atoms with Crippen molar-refractivity contribution < 1.29 is 0 Å². The molecule has 0 saturated heterocycles. The maximum Gasteiger partial charge on any atom is 0.252 e. The lowest BCUT2D eigenvalue weighted by Crippen LogP contribution is -2.61. The van der Waals surface area contributed by atoms with Crippen LogP contribution in [0.4, 0.5) is 34.1 Å². The highest BCUT2D eigenvalue weighted by molar-refractivity contribution is 7.00. The van der Waals surface area contributed by atoms with Gasteiger partial charge in [0.2, 0.25) is 0 Å². The van der Waals surface area contributed by atoms with E-state index in [9.17, 15) is 0 Å². The summed E-state index contributed by atoms with van der Waals surface area (Å²) in [7, 11) is 0. The molecule has 3 aliphatic rings. The number of fused-ring (bicyclic) bond motifs is 5. The summed E-state index contributed by atoms with van der Waals surface area (Å²) in [5.41, 5.74) is 24.0. The van der Waals surface area contributed by atoms with Crippen LogP contribution in [0.25, 0.3) is 11.1 Å². The molecular formula is C60H71BN2. The van der Waals surface area contributed by atoms with Crippen molar-refractivity contribution in [2.45, 2.75) is 157 Å². The van der Waals surface area contributed by atoms with E-state index in [2.05, 4.69) is 237 Å². The molecule has 1 aliphatic carbocycles. The number of aryl methyl sites for hydroxylation is 1. The number of nitrogens with zero attached hydrogens (tertiary/aromatic N) is 2. The van der Waals surface area contributed by atoms with Crippen LogP contribution < -0.4 is 26.2 Å². The third-order valence-corrected chi connectivity index (χ3v) is 14.7. The van der Waals surface area contributed by atoms with Crippen molar-refractivity contribution in [3.05, 3.63) is 148 Å². The Morgan fingerprint density at radius 3 is 1.52 bits per heavy atom. The zero-order chi connectivity index (χ0) is 45.6. The van der Waals surface area contributed by atoms with E-state index >= 15 is 0 Å². The van der Waals surface area contributed by atoms with E-state index < -0.39 is 0 Å². The first-order chi connectivity index (χ1) is 29.1. The Kier molecular flexibility index (Phi) is 9.60. The fourth-order valence-electron chi connectivity index (χ4n) is 11.3. The van der Waals surface area contributed by atoms with Crippen LogP contribution >= 0.6 is 0 Å². The Morgan fingerprint density at radius 2 is 0.921 bits per heavy atom. The molecule has 0 aromatic heterocycles. The molecule has 3 heteroatoms. The van der Waals surface area contributed by atoms with E-state index in [4.69, 9.17) is 0 Å². The predicted octanol–water partition coefficient (Wildman–Crippen LogP) is 14.9. The Morgan fingerprint density at radius 1 is 0.429 bits per heavy atom. The highest BCUT2D eigenvalue weighted by atomic mass is 15.2. The summed E-state index contributed by atoms with van der Waals surface area (Å²) in [5.74, 6) is 0. The minimum atomic E-state index is -0.102. The quantitative estimate of drug-likeness (QED) is 0.164. The van der Waals surface area contributed by atoms with Gasteiger partial charge in [-0.2, -0.15) is 0 Å². The molecule has 2 nitrogen and oxygen atoms in total. The molecule has 0 bridgehead atoms. The molecule has 0 unspecified atom stereocenters. The van der Waals surface area contributed by atoms with Crippen LogP contribution in [0.3, 0.4) is 0 Å². The van der Waals surface area contributed by atoms with E-state index in [0.29, 0.717) is 0 Å². The van der Waals surface area contributed by atoms with Crippen molar-refractivity contribution in [2.24, 2.45) is 0 Å². The van der Waals surface area contributed by atoms with Crippen LogP contribution in [-0.4, -0.2) is 6.71 Å². The SMILES string of the molecule is Cc1ccc2c(c1)B1c3cc(C(C)(C)C)ccc3N(c3ccc(C(C)(C)C)cc3-c3ccc4c(c3)C(C)(C)CC4(C)C)c3cc(C(C)(C)C)cc(c31)N2c1ccc(C(C)(C)C)cc1. The third-order valence-electron chi connectivity index (χ3n) is 14.7. The molecule has 6 aromatic carbocycles. The first kappa shape index (κ1) is 43.2. The highest BCUT2D eigenvalue weighted by Crippen LogP contribution is 2.53. The van der Waals surface area contributed by atoms with E-state index in [1.54, 1.807) is 0 Å². The van der Waals surface area contributed by atoms with E-state index in [1.165, 1.54) is 101 Å². The predicted molar refractivity (Wildman–Crippen MR) is 276 cm³/mol. The maximum absolute atomic E-state index is 2.66. The van der Waals surface area contributed by atoms with Gasteiger partial charge in [-0.05, 0) is 150 Å². The van der Waals surface area contributed by atoms with Gasteiger partial charge in [0.1, 0.15) is 0 Å². The number of rotatable bonds is 3. The second-order valence-electron chi connectivity index (χ2n) is 24.9. The number of anilines is 6.